The summed E-state index contributed by atoms with van der Waals surface area (Å²) in [7, 11) is 0. The van der Waals surface area contributed by atoms with Gasteiger partial charge in [0.2, 0.25) is 0 Å². The molecular weight excluding hydrogens is 242 g/mol. The summed E-state index contributed by atoms with van der Waals surface area (Å²) in [4.78, 5) is 13.3. The molecule has 0 saturated heterocycles. The van der Waals surface area contributed by atoms with E-state index in [1.807, 2.05) is 0 Å². The number of rotatable bonds is 3. The fourth-order valence-corrected chi connectivity index (χ4v) is 1.34. The molecule has 0 amide bonds. The molecule has 0 aliphatic heterocycles. The third kappa shape index (κ3) is 4.47. The van der Waals surface area contributed by atoms with Crippen LogP contribution in [0.3, 0.4) is 0 Å². The van der Waals surface area contributed by atoms with E-state index in [-0.39, 0.29) is 12.1 Å². The standard InChI is InChI=1S/C11H8ClN3O2/c12-10-6-8(3-1-2-4-14-15-13)5-9(7-10)11(16)17/h5-7H,2,4H2,(H,16,17). The Bertz CT molecular complexity index is 539. The van der Waals surface area contributed by atoms with Crippen molar-refractivity contribution in [2.45, 2.75) is 6.42 Å². The molecule has 6 heteroatoms. The van der Waals surface area contributed by atoms with Crippen molar-refractivity contribution in [1.29, 1.82) is 0 Å². The molecule has 1 N–H and O–H groups in total. The molecule has 0 spiro atoms. The van der Waals surface area contributed by atoms with E-state index in [1.165, 1.54) is 12.1 Å². The van der Waals surface area contributed by atoms with Crippen LogP contribution >= 0.6 is 11.6 Å². The van der Waals surface area contributed by atoms with Crippen molar-refractivity contribution in [2.24, 2.45) is 5.11 Å². The van der Waals surface area contributed by atoms with E-state index in [0.717, 1.165) is 0 Å². The first-order valence-corrected chi connectivity index (χ1v) is 5.05. The number of carboxylic acids is 1. The fraction of sp³-hybridized carbons (Fsp3) is 0.182. The number of halogens is 1. The summed E-state index contributed by atoms with van der Waals surface area (Å²) >= 11 is 5.76. The van der Waals surface area contributed by atoms with Gasteiger partial charge in [0.05, 0.1) is 5.56 Å². The van der Waals surface area contributed by atoms with Gasteiger partial charge < -0.3 is 5.11 Å². The van der Waals surface area contributed by atoms with Crippen LogP contribution in [0.4, 0.5) is 0 Å². The van der Waals surface area contributed by atoms with Gasteiger partial charge in [0.25, 0.3) is 0 Å². The molecule has 86 valence electrons. The lowest BCUT2D eigenvalue weighted by atomic mass is 10.1. The van der Waals surface area contributed by atoms with Gasteiger partial charge in [-0.2, -0.15) is 0 Å². The van der Waals surface area contributed by atoms with Crippen LogP contribution in [0.15, 0.2) is 23.3 Å². The molecule has 1 aromatic carbocycles. The molecule has 0 aliphatic carbocycles. The first-order chi connectivity index (χ1) is 8.13. The highest BCUT2D eigenvalue weighted by Crippen LogP contribution is 2.14. The van der Waals surface area contributed by atoms with Gasteiger partial charge in [-0.05, 0) is 23.7 Å². The summed E-state index contributed by atoms with van der Waals surface area (Å²) in [5.41, 5.74) is 8.66. The number of benzene rings is 1. The number of carbonyl (C=O) groups is 1. The lowest BCUT2D eigenvalue weighted by molar-refractivity contribution is 0.0697. The van der Waals surface area contributed by atoms with Gasteiger partial charge in [0.15, 0.2) is 0 Å². The largest absolute Gasteiger partial charge is 0.478 e. The van der Waals surface area contributed by atoms with Crippen molar-refractivity contribution in [3.05, 3.63) is 44.8 Å². The Balaban J connectivity index is 2.83. The first kappa shape index (κ1) is 12.9. The Morgan fingerprint density at radius 1 is 1.53 bits per heavy atom. The van der Waals surface area contributed by atoms with E-state index in [4.69, 9.17) is 22.2 Å². The maximum Gasteiger partial charge on any atom is 0.335 e. The minimum absolute atomic E-state index is 0.0943. The highest BCUT2D eigenvalue weighted by atomic mass is 35.5. The van der Waals surface area contributed by atoms with Crippen molar-refractivity contribution in [3.8, 4) is 11.8 Å². The molecule has 1 aromatic rings. The van der Waals surface area contributed by atoms with E-state index in [1.54, 1.807) is 6.07 Å². The Kier molecular flexibility index (Phi) is 4.89. The summed E-state index contributed by atoms with van der Waals surface area (Å²) in [5.74, 6) is 4.47. The lowest BCUT2D eigenvalue weighted by Crippen LogP contribution is -1.96. The van der Waals surface area contributed by atoms with Gasteiger partial charge in [-0.1, -0.05) is 28.6 Å². The molecule has 0 unspecified atom stereocenters. The highest BCUT2D eigenvalue weighted by molar-refractivity contribution is 6.31. The molecule has 0 radical (unpaired) electrons. The number of nitrogens with zero attached hydrogens (tertiary/aromatic N) is 3. The van der Waals surface area contributed by atoms with Gasteiger partial charge in [-0.3, -0.25) is 0 Å². The fourth-order valence-electron chi connectivity index (χ4n) is 1.10. The molecule has 0 aliphatic rings. The molecule has 0 heterocycles. The van der Waals surface area contributed by atoms with Crippen LogP contribution in [0.1, 0.15) is 22.3 Å². The van der Waals surface area contributed by atoms with Crippen molar-refractivity contribution in [3.63, 3.8) is 0 Å². The van der Waals surface area contributed by atoms with Crippen molar-refractivity contribution in [2.75, 3.05) is 6.54 Å². The minimum atomic E-state index is -1.05. The second-order valence-corrected chi connectivity index (χ2v) is 3.48. The molecule has 0 fully saturated rings. The van der Waals surface area contributed by atoms with Gasteiger partial charge in [-0.15, -0.1) is 0 Å². The zero-order chi connectivity index (χ0) is 12.7. The highest BCUT2D eigenvalue weighted by Gasteiger charge is 2.04. The van der Waals surface area contributed by atoms with Crippen LogP contribution in [0.2, 0.25) is 5.02 Å². The SMILES string of the molecule is [N-]=[N+]=NCCC#Cc1cc(Cl)cc(C(=O)O)c1. The van der Waals surface area contributed by atoms with Crippen molar-refractivity contribution < 1.29 is 9.90 Å². The number of aromatic carboxylic acids is 1. The Morgan fingerprint density at radius 2 is 2.29 bits per heavy atom. The molecular formula is C11H8ClN3O2. The van der Waals surface area contributed by atoms with Crippen LogP contribution in [-0.4, -0.2) is 17.6 Å². The summed E-state index contributed by atoms with van der Waals surface area (Å²) in [5, 5.41) is 12.5. The summed E-state index contributed by atoms with van der Waals surface area (Å²) < 4.78 is 0. The zero-order valence-corrected chi connectivity index (χ0v) is 9.48. The second kappa shape index (κ2) is 6.44. The molecule has 0 saturated carbocycles. The maximum atomic E-state index is 10.8. The van der Waals surface area contributed by atoms with Crippen LogP contribution < -0.4 is 0 Å². The van der Waals surface area contributed by atoms with Crippen LogP contribution in [-0.2, 0) is 0 Å². The number of hydrogen-bond donors (Lipinski definition) is 1. The molecule has 0 bridgehead atoms. The van der Waals surface area contributed by atoms with E-state index in [9.17, 15) is 4.79 Å². The maximum absolute atomic E-state index is 10.8. The van der Waals surface area contributed by atoms with Crippen LogP contribution in [0, 0.1) is 11.8 Å². The average molecular weight is 250 g/mol. The monoisotopic (exact) mass is 249 g/mol. The van der Waals surface area contributed by atoms with Crippen LogP contribution in [0.5, 0.6) is 0 Å². The second-order valence-electron chi connectivity index (χ2n) is 3.04. The average Bonchev–Trinajstić information content (AvgIpc) is 2.28. The van der Waals surface area contributed by atoms with E-state index in [2.05, 4.69) is 21.9 Å². The van der Waals surface area contributed by atoms with Gasteiger partial charge in [0, 0.05) is 28.5 Å². The Hall–Kier alpha value is -2.15. The van der Waals surface area contributed by atoms with Gasteiger partial charge >= 0.3 is 5.97 Å². The molecule has 0 aromatic heterocycles. The minimum Gasteiger partial charge on any atom is -0.478 e. The van der Waals surface area contributed by atoms with E-state index >= 15 is 0 Å². The predicted molar refractivity (Wildman–Crippen MR) is 63.9 cm³/mol. The zero-order valence-electron chi connectivity index (χ0n) is 8.72. The number of hydrogen-bond acceptors (Lipinski definition) is 2. The van der Waals surface area contributed by atoms with Crippen molar-refractivity contribution >= 4 is 17.6 Å². The quantitative estimate of drug-likeness (QED) is 0.293. The smallest absolute Gasteiger partial charge is 0.335 e. The molecule has 17 heavy (non-hydrogen) atoms. The number of carboxylic acid groups (broad SMARTS) is 1. The van der Waals surface area contributed by atoms with Crippen molar-refractivity contribution in [1.82, 2.24) is 0 Å². The summed E-state index contributed by atoms with van der Waals surface area (Å²) in [6.45, 7) is 0.288. The molecule has 1 rings (SSSR count). The third-order valence-corrected chi connectivity index (χ3v) is 2.00. The van der Waals surface area contributed by atoms with Crippen LogP contribution in [0.25, 0.3) is 10.4 Å². The van der Waals surface area contributed by atoms with Gasteiger partial charge in [0.1, 0.15) is 0 Å². The first-order valence-electron chi connectivity index (χ1n) is 4.67. The van der Waals surface area contributed by atoms with E-state index in [0.29, 0.717) is 17.0 Å². The summed E-state index contributed by atoms with van der Waals surface area (Å²) in [6.07, 6.45) is 0.416. The Labute approximate surface area is 103 Å². The van der Waals surface area contributed by atoms with E-state index < -0.39 is 5.97 Å². The van der Waals surface area contributed by atoms with Gasteiger partial charge in [-0.25, -0.2) is 4.79 Å². The number of azide groups is 1. The summed E-state index contributed by atoms with van der Waals surface area (Å²) in [6, 6.07) is 4.37. The lowest BCUT2D eigenvalue weighted by Gasteiger charge is -1.97. The normalized spacial score (nSPS) is 8.76. The predicted octanol–water partition coefficient (Wildman–Crippen LogP) is 3.09. The third-order valence-electron chi connectivity index (χ3n) is 1.78. The molecule has 0 atom stereocenters. The molecule has 5 nitrogen and oxygen atoms in total. The Morgan fingerprint density at radius 3 is 2.94 bits per heavy atom. The topological polar surface area (TPSA) is 86.1 Å².